The van der Waals surface area contributed by atoms with Crippen molar-refractivity contribution in [1.82, 2.24) is 26.2 Å². The normalized spacial score (nSPS) is 12.8. The van der Waals surface area contributed by atoms with Crippen LogP contribution in [-0.2, 0) is 41.2 Å². The van der Waals surface area contributed by atoms with Crippen LogP contribution in [0.1, 0.15) is 86.3 Å². The lowest BCUT2D eigenvalue weighted by atomic mass is 9.80. The van der Waals surface area contributed by atoms with Gasteiger partial charge in [0, 0.05) is 44.3 Å². The molecule has 17 nitrogen and oxygen atoms in total. The van der Waals surface area contributed by atoms with E-state index in [1.54, 1.807) is 48.5 Å². The largest absolute Gasteiger partial charge is 0.488 e. The third kappa shape index (κ3) is 20.0. The maximum atomic E-state index is 13.7. The quantitative estimate of drug-likeness (QED) is 0.0845. The van der Waals surface area contributed by atoms with Crippen molar-refractivity contribution in [3.05, 3.63) is 59.7 Å². The van der Waals surface area contributed by atoms with Gasteiger partial charge >= 0.3 is 31.6 Å². The predicted molar refractivity (Wildman–Crippen MR) is 219 cm³/mol. The minimum Gasteiger partial charge on any atom is -0.444 e. The molecule has 0 bridgehead atoms. The molecule has 0 spiro atoms. The molecule has 2 rings (SSSR count). The smallest absolute Gasteiger partial charge is 0.444 e. The molecule has 338 valence electrons. The Kier molecular flexibility index (Phi) is 18.9. The molecule has 7 N–H and O–H groups in total. The van der Waals surface area contributed by atoms with Gasteiger partial charge in [-0.2, -0.15) is 13.2 Å². The number of amides is 6. The zero-order valence-corrected chi connectivity index (χ0v) is 36.0. The van der Waals surface area contributed by atoms with E-state index < -0.39 is 83.7 Å². The molecule has 0 fully saturated rings. The lowest BCUT2D eigenvalue weighted by molar-refractivity contribution is -0.137. The van der Waals surface area contributed by atoms with Gasteiger partial charge in [0.1, 0.15) is 17.2 Å². The Hall–Kier alpha value is -5.57. The van der Waals surface area contributed by atoms with Crippen LogP contribution in [0.25, 0.3) is 0 Å². The van der Waals surface area contributed by atoms with Crippen molar-refractivity contribution in [3.8, 4) is 0 Å². The SMILES string of the molecule is C[C@H](Cc1ccc(C(F)(F)F)cc1)NC(=O)[C@H](CCC(=O)N(CCNC(=O)OC(C)(C)C)CCNC(=O)OC(C)(C)C(=O)Nc1cccc(B(O)O)c1)NC(=O)OC(C)(C)C. The second kappa shape index (κ2) is 22.3. The summed E-state index contributed by atoms with van der Waals surface area (Å²) in [7, 11) is -1.77. The lowest BCUT2D eigenvalue weighted by Gasteiger charge is -2.27. The molecular weight excluding hydrogens is 808 g/mol. The Labute approximate surface area is 354 Å². The molecule has 0 unspecified atom stereocenters. The van der Waals surface area contributed by atoms with Gasteiger partial charge in [0.25, 0.3) is 5.91 Å². The zero-order chi connectivity index (χ0) is 46.3. The van der Waals surface area contributed by atoms with Crippen LogP contribution >= 0.6 is 0 Å². The number of carbonyl (C=O) groups is 6. The number of nitrogens with one attached hydrogen (secondary N) is 5. The van der Waals surface area contributed by atoms with Crippen molar-refractivity contribution in [2.45, 2.75) is 117 Å². The van der Waals surface area contributed by atoms with Crippen LogP contribution in [0.15, 0.2) is 48.5 Å². The second-order valence-electron chi connectivity index (χ2n) is 16.6. The van der Waals surface area contributed by atoms with Gasteiger partial charge in [-0.25, -0.2) is 14.4 Å². The molecule has 2 aromatic rings. The molecule has 0 aliphatic rings. The first-order chi connectivity index (χ1) is 28.0. The van der Waals surface area contributed by atoms with Crippen LogP contribution in [-0.4, -0.2) is 113 Å². The van der Waals surface area contributed by atoms with Crippen molar-refractivity contribution in [1.29, 1.82) is 0 Å². The van der Waals surface area contributed by atoms with Crippen LogP contribution in [0, 0.1) is 0 Å². The number of anilines is 1. The lowest BCUT2D eigenvalue weighted by Crippen LogP contribution is -2.51. The fraction of sp³-hybridized carbons (Fsp3) is 0.550. The van der Waals surface area contributed by atoms with Crippen molar-refractivity contribution in [2.75, 3.05) is 31.5 Å². The molecule has 2 aromatic carbocycles. The van der Waals surface area contributed by atoms with E-state index in [1.165, 1.54) is 55.1 Å². The Balaban J connectivity index is 2.15. The molecule has 0 aliphatic heterocycles. The zero-order valence-electron chi connectivity index (χ0n) is 36.0. The first-order valence-electron chi connectivity index (χ1n) is 19.5. The van der Waals surface area contributed by atoms with E-state index in [4.69, 9.17) is 14.2 Å². The van der Waals surface area contributed by atoms with Crippen LogP contribution in [0.4, 0.5) is 33.2 Å². The van der Waals surface area contributed by atoms with Gasteiger partial charge in [-0.1, -0.05) is 24.3 Å². The maximum Gasteiger partial charge on any atom is 0.488 e. The highest BCUT2D eigenvalue weighted by Gasteiger charge is 2.33. The highest BCUT2D eigenvalue weighted by molar-refractivity contribution is 6.58. The van der Waals surface area contributed by atoms with E-state index in [9.17, 15) is 52.0 Å². The first kappa shape index (κ1) is 51.6. The van der Waals surface area contributed by atoms with Gasteiger partial charge in [-0.15, -0.1) is 0 Å². The average Bonchev–Trinajstić information content (AvgIpc) is 3.10. The van der Waals surface area contributed by atoms with E-state index in [2.05, 4.69) is 26.6 Å². The van der Waals surface area contributed by atoms with Gasteiger partial charge in [0.15, 0.2) is 5.60 Å². The van der Waals surface area contributed by atoms with Crippen molar-refractivity contribution >= 4 is 54.3 Å². The Morgan fingerprint density at radius 2 is 1.30 bits per heavy atom. The molecular formula is C40H58BF3N6O11. The Morgan fingerprint density at radius 3 is 1.82 bits per heavy atom. The number of ether oxygens (including phenoxy) is 3. The minimum absolute atomic E-state index is 0.0751. The van der Waals surface area contributed by atoms with Gasteiger partial charge in [0.05, 0.1) is 5.56 Å². The summed E-state index contributed by atoms with van der Waals surface area (Å²) in [5.74, 6) is -1.96. The second-order valence-corrected chi connectivity index (χ2v) is 16.6. The van der Waals surface area contributed by atoms with E-state index in [1.807, 2.05) is 0 Å². The number of rotatable bonds is 18. The summed E-state index contributed by atoms with van der Waals surface area (Å²) >= 11 is 0. The summed E-state index contributed by atoms with van der Waals surface area (Å²) in [6.07, 6.45) is -7.60. The van der Waals surface area contributed by atoms with Crippen molar-refractivity contribution < 1.29 is 66.2 Å². The number of alkyl carbamates (subject to hydrolysis) is 3. The highest BCUT2D eigenvalue weighted by Crippen LogP contribution is 2.29. The summed E-state index contributed by atoms with van der Waals surface area (Å²) in [5.41, 5.74) is -3.41. The molecule has 0 aliphatic carbocycles. The van der Waals surface area contributed by atoms with Crippen molar-refractivity contribution in [2.24, 2.45) is 0 Å². The van der Waals surface area contributed by atoms with Crippen LogP contribution in [0.2, 0.25) is 0 Å². The van der Waals surface area contributed by atoms with Gasteiger partial charge in [-0.05, 0) is 110 Å². The summed E-state index contributed by atoms with van der Waals surface area (Å²) < 4.78 is 55.0. The topological polar surface area (TPSA) is 234 Å². The number of carbonyl (C=O) groups excluding carboxylic acids is 6. The van der Waals surface area contributed by atoms with E-state index >= 15 is 0 Å². The Morgan fingerprint density at radius 1 is 0.754 bits per heavy atom. The third-order valence-corrected chi connectivity index (χ3v) is 8.26. The number of alkyl halides is 3. The Bertz CT molecular complexity index is 1820. The van der Waals surface area contributed by atoms with E-state index in [0.29, 0.717) is 5.56 Å². The van der Waals surface area contributed by atoms with Gasteiger partial charge in [0.2, 0.25) is 11.8 Å². The molecule has 6 amide bonds. The molecule has 61 heavy (non-hydrogen) atoms. The molecule has 0 saturated heterocycles. The van der Waals surface area contributed by atoms with Gasteiger partial charge in [-0.3, -0.25) is 14.4 Å². The van der Waals surface area contributed by atoms with E-state index in [-0.39, 0.29) is 56.6 Å². The third-order valence-electron chi connectivity index (χ3n) is 8.26. The maximum absolute atomic E-state index is 13.7. The van der Waals surface area contributed by atoms with Crippen LogP contribution < -0.4 is 32.0 Å². The standard InChI is InChI=1S/C40H58BF3N6O11/c1-25(23-26-13-15-27(16-14-26)40(42,43)44)47-32(52)30(49-36(56)60-38(5,6)7)17-18-31(51)50(21-19-45-34(54)59-37(2,3)4)22-20-46-35(55)61-39(8,9)33(53)48-29-12-10-11-28(24-29)41(57)58/h10-16,24-25,30,57-58H,17-23H2,1-9H3,(H,45,54)(H,46,55)(H,47,52)(H,48,53)(H,49,56)/t25-,30+/m1/s1. The highest BCUT2D eigenvalue weighted by atomic mass is 19.4. The summed E-state index contributed by atoms with van der Waals surface area (Å²) in [4.78, 5) is 79.3. The minimum atomic E-state index is -4.51. The summed E-state index contributed by atoms with van der Waals surface area (Å²) in [6, 6.07) is 8.32. The number of halogens is 3. The molecule has 2 atom stereocenters. The number of hydrogen-bond donors (Lipinski definition) is 7. The predicted octanol–water partition coefficient (Wildman–Crippen LogP) is 3.60. The average molecular weight is 867 g/mol. The van der Waals surface area contributed by atoms with E-state index in [0.717, 1.165) is 12.1 Å². The number of hydrogen-bond acceptors (Lipinski definition) is 11. The first-order valence-corrected chi connectivity index (χ1v) is 19.5. The van der Waals surface area contributed by atoms with Crippen LogP contribution in [0.3, 0.4) is 0 Å². The number of nitrogens with zero attached hydrogens (tertiary/aromatic N) is 1. The number of benzene rings is 2. The van der Waals surface area contributed by atoms with Crippen LogP contribution in [0.5, 0.6) is 0 Å². The monoisotopic (exact) mass is 866 g/mol. The summed E-state index contributed by atoms with van der Waals surface area (Å²) in [6.45, 7) is 13.7. The summed E-state index contributed by atoms with van der Waals surface area (Å²) in [5, 5.41) is 31.6. The fourth-order valence-electron chi connectivity index (χ4n) is 5.36. The molecule has 0 heterocycles. The van der Waals surface area contributed by atoms with Gasteiger partial charge < -0.3 is 55.7 Å². The van der Waals surface area contributed by atoms with Crippen molar-refractivity contribution in [3.63, 3.8) is 0 Å². The fourth-order valence-corrected chi connectivity index (χ4v) is 5.36. The molecule has 0 aromatic heterocycles. The molecule has 0 radical (unpaired) electrons. The molecule has 21 heteroatoms. The molecule has 0 saturated carbocycles.